The largest absolute Gasteiger partial charge is 0.394 e. The Kier molecular flexibility index (Phi) is 6.09. The molecule has 1 amide bonds. The summed E-state index contributed by atoms with van der Waals surface area (Å²) in [5.41, 5.74) is 2.01. The lowest BCUT2D eigenvalue weighted by Crippen LogP contribution is -2.41. The second kappa shape index (κ2) is 8.06. The Morgan fingerprint density at radius 3 is 2.50 bits per heavy atom. The van der Waals surface area contributed by atoms with Crippen LogP contribution in [-0.4, -0.2) is 38.8 Å². The van der Waals surface area contributed by atoms with Crippen molar-refractivity contribution in [2.75, 3.05) is 6.61 Å². The van der Waals surface area contributed by atoms with Gasteiger partial charge in [0.05, 0.1) is 12.6 Å². The first kappa shape index (κ1) is 18.1. The van der Waals surface area contributed by atoms with Gasteiger partial charge in [-0.15, -0.1) is 0 Å². The molecular weight excluding hydrogens is 309 g/mol. The Balaban J connectivity index is 2.26. The van der Waals surface area contributed by atoms with Crippen LogP contribution in [0.2, 0.25) is 0 Å². The molecule has 2 rings (SSSR count). The zero-order valence-corrected chi connectivity index (χ0v) is 14.3. The van der Waals surface area contributed by atoms with E-state index in [1.165, 1.54) is 12.1 Å². The van der Waals surface area contributed by atoms with Crippen molar-refractivity contribution in [2.24, 2.45) is 0 Å². The van der Waals surface area contributed by atoms with Gasteiger partial charge in [0.15, 0.2) is 0 Å². The minimum atomic E-state index is -0.320. The summed E-state index contributed by atoms with van der Waals surface area (Å²) >= 11 is 0. The molecule has 24 heavy (non-hydrogen) atoms. The predicted molar refractivity (Wildman–Crippen MR) is 90.1 cm³/mol. The second-order valence-electron chi connectivity index (χ2n) is 6.17. The first-order valence-electron chi connectivity index (χ1n) is 8.17. The number of aliphatic hydroxyl groups excluding tert-OH is 1. The molecule has 6 heteroatoms. The van der Waals surface area contributed by atoms with Crippen LogP contribution in [0.5, 0.6) is 0 Å². The van der Waals surface area contributed by atoms with Crippen molar-refractivity contribution in [1.82, 2.24) is 15.1 Å². The average Bonchev–Trinajstić information content (AvgIpc) is 3.06. The van der Waals surface area contributed by atoms with Crippen molar-refractivity contribution >= 4 is 5.91 Å². The fraction of sp³-hybridized carbons (Fsp3) is 0.444. The smallest absolute Gasteiger partial charge is 0.274 e. The van der Waals surface area contributed by atoms with Crippen LogP contribution in [0.3, 0.4) is 0 Å². The van der Waals surface area contributed by atoms with E-state index in [1.54, 1.807) is 23.1 Å². The molecule has 130 valence electrons. The Morgan fingerprint density at radius 1 is 1.33 bits per heavy atom. The first-order chi connectivity index (χ1) is 11.5. The highest BCUT2D eigenvalue weighted by Crippen LogP contribution is 2.18. The molecule has 1 atom stereocenters. The molecule has 0 saturated heterocycles. The molecule has 1 unspecified atom stereocenters. The van der Waals surface area contributed by atoms with Crippen LogP contribution in [0.4, 0.5) is 4.39 Å². The Morgan fingerprint density at radius 2 is 2.00 bits per heavy atom. The Labute approximate surface area is 141 Å². The molecule has 1 heterocycles. The standard InChI is InChI=1S/C18H24FN3O2/c1-4-15(11-23)22(10-13-5-7-14(19)8-6-13)18(24)17-9-16(12(2)3)20-21-17/h5-9,12,15,23H,4,10-11H2,1-3H3,(H,20,21). The number of benzene rings is 1. The molecule has 0 spiro atoms. The first-order valence-corrected chi connectivity index (χ1v) is 8.17. The molecule has 0 aliphatic rings. The fourth-order valence-electron chi connectivity index (χ4n) is 2.49. The van der Waals surface area contributed by atoms with Gasteiger partial charge in [0.1, 0.15) is 11.5 Å². The van der Waals surface area contributed by atoms with E-state index in [9.17, 15) is 14.3 Å². The van der Waals surface area contributed by atoms with Gasteiger partial charge >= 0.3 is 0 Å². The van der Waals surface area contributed by atoms with Gasteiger partial charge in [-0.2, -0.15) is 5.10 Å². The number of aromatic nitrogens is 2. The SMILES string of the molecule is CCC(CO)N(Cc1ccc(F)cc1)C(=O)c1cc(C(C)C)[nH]n1. The van der Waals surface area contributed by atoms with E-state index in [4.69, 9.17) is 0 Å². The summed E-state index contributed by atoms with van der Waals surface area (Å²) in [6, 6.07) is 7.44. The summed E-state index contributed by atoms with van der Waals surface area (Å²) in [7, 11) is 0. The number of carbonyl (C=O) groups is 1. The van der Waals surface area contributed by atoms with Gasteiger partial charge in [0, 0.05) is 12.2 Å². The number of hydrogen-bond acceptors (Lipinski definition) is 3. The zero-order valence-electron chi connectivity index (χ0n) is 14.3. The third kappa shape index (κ3) is 4.20. The average molecular weight is 333 g/mol. The topological polar surface area (TPSA) is 69.2 Å². The molecule has 1 aromatic carbocycles. The number of hydrogen-bond donors (Lipinski definition) is 2. The molecule has 0 radical (unpaired) electrons. The number of nitrogens with zero attached hydrogens (tertiary/aromatic N) is 2. The van der Waals surface area contributed by atoms with Crippen molar-refractivity contribution < 1.29 is 14.3 Å². The van der Waals surface area contributed by atoms with E-state index in [-0.39, 0.29) is 30.3 Å². The maximum Gasteiger partial charge on any atom is 0.274 e. The summed E-state index contributed by atoms with van der Waals surface area (Å²) in [5, 5.41) is 16.6. The number of nitrogens with one attached hydrogen (secondary N) is 1. The third-order valence-corrected chi connectivity index (χ3v) is 4.09. The van der Waals surface area contributed by atoms with Crippen LogP contribution in [0.15, 0.2) is 30.3 Å². The fourth-order valence-corrected chi connectivity index (χ4v) is 2.49. The number of amides is 1. The van der Waals surface area contributed by atoms with E-state index >= 15 is 0 Å². The highest BCUT2D eigenvalue weighted by Gasteiger charge is 2.25. The second-order valence-corrected chi connectivity index (χ2v) is 6.17. The maximum absolute atomic E-state index is 13.1. The molecule has 0 bridgehead atoms. The van der Waals surface area contributed by atoms with Crippen LogP contribution in [0, 0.1) is 5.82 Å². The number of aromatic amines is 1. The zero-order chi connectivity index (χ0) is 17.7. The maximum atomic E-state index is 13.1. The van der Waals surface area contributed by atoms with Crippen molar-refractivity contribution in [3.63, 3.8) is 0 Å². The number of carbonyl (C=O) groups excluding carboxylic acids is 1. The molecule has 5 nitrogen and oxygen atoms in total. The summed E-state index contributed by atoms with van der Waals surface area (Å²) in [6.45, 7) is 6.10. The highest BCUT2D eigenvalue weighted by molar-refractivity contribution is 5.92. The van der Waals surface area contributed by atoms with Crippen LogP contribution in [-0.2, 0) is 6.54 Å². The van der Waals surface area contributed by atoms with Gasteiger partial charge in [-0.05, 0) is 36.1 Å². The quantitative estimate of drug-likeness (QED) is 0.818. The van der Waals surface area contributed by atoms with Gasteiger partial charge in [-0.25, -0.2) is 4.39 Å². The lowest BCUT2D eigenvalue weighted by molar-refractivity contribution is 0.0558. The molecule has 0 fully saturated rings. The van der Waals surface area contributed by atoms with E-state index in [0.29, 0.717) is 18.7 Å². The minimum absolute atomic E-state index is 0.134. The summed E-state index contributed by atoms with van der Waals surface area (Å²) in [6.07, 6.45) is 0.616. The number of H-pyrrole nitrogens is 1. The monoisotopic (exact) mass is 333 g/mol. The van der Waals surface area contributed by atoms with Crippen molar-refractivity contribution in [3.05, 3.63) is 53.1 Å². The Hall–Kier alpha value is -2.21. The normalized spacial score (nSPS) is 12.4. The van der Waals surface area contributed by atoms with Crippen LogP contribution < -0.4 is 0 Å². The van der Waals surface area contributed by atoms with Gasteiger partial charge in [-0.3, -0.25) is 9.89 Å². The number of halogens is 1. The van der Waals surface area contributed by atoms with Gasteiger partial charge in [-0.1, -0.05) is 32.9 Å². The molecule has 1 aromatic heterocycles. The van der Waals surface area contributed by atoms with Gasteiger partial charge in [0.25, 0.3) is 5.91 Å². The number of aliphatic hydroxyl groups is 1. The van der Waals surface area contributed by atoms with E-state index in [1.807, 2.05) is 20.8 Å². The predicted octanol–water partition coefficient (Wildman–Crippen LogP) is 3.09. The van der Waals surface area contributed by atoms with E-state index < -0.39 is 0 Å². The summed E-state index contributed by atoms with van der Waals surface area (Å²) in [4.78, 5) is 14.5. The minimum Gasteiger partial charge on any atom is -0.394 e. The lowest BCUT2D eigenvalue weighted by atomic mass is 10.1. The van der Waals surface area contributed by atoms with Crippen LogP contribution in [0.25, 0.3) is 0 Å². The molecule has 0 saturated carbocycles. The van der Waals surface area contributed by atoms with Crippen molar-refractivity contribution in [3.8, 4) is 0 Å². The van der Waals surface area contributed by atoms with Crippen molar-refractivity contribution in [1.29, 1.82) is 0 Å². The molecular formula is C18H24FN3O2. The lowest BCUT2D eigenvalue weighted by Gasteiger charge is -2.29. The molecule has 2 N–H and O–H groups in total. The highest BCUT2D eigenvalue weighted by atomic mass is 19.1. The molecule has 0 aliphatic carbocycles. The molecule has 2 aromatic rings. The van der Waals surface area contributed by atoms with Gasteiger partial charge in [0.2, 0.25) is 0 Å². The summed E-state index contributed by atoms with van der Waals surface area (Å²) in [5.74, 6) is -0.326. The van der Waals surface area contributed by atoms with Crippen LogP contribution >= 0.6 is 0 Å². The van der Waals surface area contributed by atoms with Crippen molar-refractivity contribution in [2.45, 2.75) is 45.7 Å². The summed E-state index contributed by atoms with van der Waals surface area (Å²) < 4.78 is 13.1. The molecule has 0 aliphatic heterocycles. The van der Waals surface area contributed by atoms with E-state index in [0.717, 1.165) is 11.3 Å². The Bertz CT molecular complexity index is 663. The number of rotatable bonds is 7. The third-order valence-electron chi connectivity index (χ3n) is 4.09. The van der Waals surface area contributed by atoms with Crippen LogP contribution in [0.1, 0.15) is 54.9 Å². The van der Waals surface area contributed by atoms with Gasteiger partial charge < -0.3 is 10.0 Å². The van der Waals surface area contributed by atoms with E-state index in [2.05, 4.69) is 10.2 Å².